The van der Waals surface area contributed by atoms with E-state index >= 15 is 0 Å². The number of amides is 1. The van der Waals surface area contributed by atoms with Crippen LogP contribution in [0.25, 0.3) is 0 Å². The summed E-state index contributed by atoms with van der Waals surface area (Å²) in [6.07, 6.45) is 80.5. The Bertz CT molecular complexity index is 1200. The zero-order valence-corrected chi connectivity index (χ0v) is 49.8. The number of carbonyl (C=O) groups excluding carboxylic acids is 2. The van der Waals surface area contributed by atoms with E-state index < -0.39 is 12.1 Å². The lowest BCUT2D eigenvalue weighted by atomic mass is 10.0. The molecule has 2 atom stereocenters. The summed E-state index contributed by atoms with van der Waals surface area (Å²) in [5, 5.41) is 23.2. The summed E-state index contributed by atoms with van der Waals surface area (Å²) in [5.41, 5.74) is 0. The Hall–Kier alpha value is -1.92. The molecular formula is C68H129NO5. The van der Waals surface area contributed by atoms with Crippen molar-refractivity contribution >= 4 is 11.9 Å². The Morgan fingerprint density at radius 2 is 0.635 bits per heavy atom. The van der Waals surface area contributed by atoms with Gasteiger partial charge < -0.3 is 20.3 Å². The molecule has 6 heteroatoms. The minimum Gasteiger partial charge on any atom is -0.466 e. The molecule has 0 saturated heterocycles. The molecule has 0 bridgehead atoms. The largest absolute Gasteiger partial charge is 0.466 e. The maximum absolute atomic E-state index is 12.5. The van der Waals surface area contributed by atoms with Gasteiger partial charge >= 0.3 is 5.97 Å². The summed E-state index contributed by atoms with van der Waals surface area (Å²) < 4.78 is 5.48. The second-order valence-corrected chi connectivity index (χ2v) is 22.8. The van der Waals surface area contributed by atoms with Crippen LogP contribution in [0.3, 0.4) is 0 Å². The van der Waals surface area contributed by atoms with E-state index in [9.17, 15) is 19.8 Å². The number of allylic oxidation sites excluding steroid dienone is 5. The molecule has 0 spiro atoms. The van der Waals surface area contributed by atoms with Crippen molar-refractivity contribution in [3.05, 3.63) is 36.5 Å². The van der Waals surface area contributed by atoms with Crippen molar-refractivity contribution in [3.8, 4) is 0 Å². The molecule has 436 valence electrons. The number of unbranched alkanes of at least 4 members (excludes halogenated alkanes) is 47. The van der Waals surface area contributed by atoms with Gasteiger partial charge in [-0.15, -0.1) is 0 Å². The lowest BCUT2D eigenvalue weighted by Crippen LogP contribution is -2.45. The van der Waals surface area contributed by atoms with E-state index in [0.29, 0.717) is 19.4 Å². The number of hydrogen-bond donors (Lipinski definition) is 3. The van der Waals surface area contributed by atoms with Crippen LogP contribution in [0.4, 0.5) is 0 Å². The van der Waals surface area contributed by atoms with Gasteiger partial charge in [0.25, 0.3) is 0 Å². The molecule has 6 nitrogen and oxygen atoms in total. The first-order valence-electron chi connectivity index (χ1n) is 33.3. The molecule has 1 amide bonds. The lowest BCUT2D eigenvalue weighted by molar-refractivity contribution is -0.143. The van der Waals surface area contributed by atoms with Gasteiger partial charge in [-0.25, -0.2) is 0 Å². The van der Waals surface area contributed by atoms with E-state index in [1.54, 1.807) is 6.08 Å². The molecule has 0 radical (unpaired) electrons. The van der Waals surface area contributed by atoms with Crippen LogP contribution in [0.15, 0.2) is 36.5 Å². The number of rotatable bonds is 62. The Balaban J connectivity index is 3.44. The fourth-order valence-corrected chi connectivity index (χ4v) is 10.3. The van der Waals surface area contributed by atoms with E-state index in [0.717, 1.165) is 51.4 Å². The molecule has 0 aromatic rings. The van der Waals surface area contributed by atoms with E-state index in [2.05, 4.69) is 43.5 Å². The molecule has 0 fully saturated rings. The minimum absolute atomic E-state index is 0.00333. The number of nitrogens with one attached hydrogen (secondary N) is 1. The highest BCUT2D eigenvalue weighted by Crippen LogP contribution is 2.17. The Kier molecular flexibility index (Phi) is 62.0. The molecule has 2 unspecified atom stereocenters. The van der Waals surface area contributed by atoms with Crippen LogP contribution in [-0.4, -0.2) is 47.4 Å². The van der Waals surface area contributed by atoms with E-state index in [-0.39, 0.29) is 18.5 Å². The van der Waals surface area contributed by atoms with Crippen molar-refractivity contribution in [2.24, 2.45) is 0 Å². The molecular weight excluding hydrogens is 911 g/mol. The molecule has 0 aliphatic rings. The highest BCUT2D eigenvalue weighted by molar-refractivity contribution is 5.76. The summed E-state index contributed by atoms with van der Waals surface area (Å²) in [6.45, 7) is 4.92. The van der Waals surface area contributed by atoms with E-state index in [4.69, 9.17) is 4.74 Å². The first-order chi connectivity index (χ1) is 36.5. The van der Waals surface area contributed by atoms with Crippen molar-refractivity contribution < 1.29 is 24.5 Å². The smallest absolute Gasteiger partial charge is 0.305 e. The molecule has 0 aromatic carbocycles. The fraction of sp³-hybridized carbons (Fsp3) is 0.882. The number of aliphatic hydroxyl groups excluding tert-OH is 2. The van der Waals surface area contributed by atoms with Gasteiger partial charge in [-0.3, -0.25) is 9.59 Å². The zero-order chi connectivity index (χ0) is 53.6. The fourth-order valence-electron chi connectivity index (χ4n) is 10.3. The predicted octanol–water partition coefficient (Wildman–Crippen LogP) is 21.1. The molecule has 0 aliphatic carbocycles. The van der Waals surface area contributed by atoms with Gasteiger partial charge in [0.15, 0.2) is 0 Å². The van der Waals surface area contributed by atoms with Crippen LogP contribution < -0.4 is 5.32 Å². The number of carbonyl (C=O) groups is 2. The summed E-state index contributed by atoms with van der Waals surface area (Å²) >= 11 is 0. The average molecular weight is 1040 g/mol. The van der Waals surface area contributed by atoms with Gasteiger partial charge in [0.2, 0.25) is 5.91 Å². The van der Waals surface area contributed by atoms with Crippen LogP contribution >= 0.6 is 0 Å². The standard InChI is InChI=1S/C68H129NO5/c1-3-5-7-9-11-13-15-17-19-20-26-29-33-36-40-44-48-52-56-60-66(71)65(64-70)69-67(72)61-57-53-49-45-41-37-34-30-27-24-22-21-23-25-28-31-35-39-43-47-51-55-59-63-74-68(73)62-58-54-50-46-42-38-32-18-16-14-12-10-8-6-4-2/h18,24,27,32,56,60,65-66,70-71H,3-17,19-23,25-26,28-31,33-55,57-59,61-64H2,1-2H3,(H,69,72)/b27-24-,32-18-,60-56+. The summed E-state index contributed by atoms with van der Waals surface area (Å²) in [6, 6.07) is -0.633. The minimum atomic E-state index is -0.849. The van der Waals surface area contributed by atoms with Gasteiger partial charge in [0, 0.05) is 12.8 Å². The highest BCUT2D eigenvalue weighted by atomic mass is 16.5. The van der Waals surface area contributed by atoms with Crippen molar-refractivity contribution in [2.75, 3.05) is 13.2 Å². The molecule has 74 heavy (non-hydrogen) atoms. The summed E-state index contributed by atoms with van der Waals surface area (Å²) in [5.74, 6) is -0.0685. The summed E-state index contributed by atoms with van der Waals surface area (Å²) in [7, 11) is 0. The molecule has 0 heterocycles. The lowest BCUT2D eigenvalue weighted by Gasteiger charge is -2.20. The summed E-state index contributed by atoms with van der Waals surface area (Å²) in [4.78, 5) is 24.6. The molecule has 3 N–H and O–H groups in total. The first-order valence-corrected chi connectivity index (χ1v) is 33.3. The highest BCUT2D eigenvalue weighted by Gasteiger charge is 2.18. The second-order valence-electron chi connectivity index (χ2n) is 22.8. The SMILES string of the molecule is CCCCCCCC/C=C\CCCCCCCC(=O)OCCCCCCCCCCCCCC/C=C\CCCCCCCCCC(=O)NC(CO)C(O)/C=C/CCCCCCCCCCCCCCCCCCC. The third-order valence-corrected chi connectivity index (χ3v) is 15.4. The van der Waals surface area contributed by atoms with Crippen LogP contribution in [0, 0.1) is 0 Å². The van der Waals surface area contributed by atoms with Crippen molar-refractivity contribution in [1.82, 2.24) is 5.32 Å². The van der Waals surface area contributed by atoms with Crippen LogP contribution in [0.1, 0.15) is 361 Å². The predicted molar refractivity (Wildman–Crippen MR) is 324 cm³/mol. The topological polar surface area (TPSA) is 95.9 Å². The van der Waals surface area contributed by atoms with Gasteiger partial charge in [-0.05, 0) is 83.5 Å². The first kappa shape index (κ1) is 72.1. The Morgan fingerprint density at radius 1 is 0.365 bits per heavy atom. The van der Waals surface area contributed by atoms with Crippen LogP contribution in [0.5, 0.6) is 0 Å². The Morgan fingerprint density at radius 3 is 0.959 bits per heavy atom. The maximum Gasteiger partial charge on any atom is 0.305 e. The molecule has 0 aliphatic heterocycles. The van der Waals surface area contributed by atoms with E-state index in [1.165, 1.54) is 283 Å². The van der Waals surface area contributed by atoms with Crippen molar-refractivity contribution in [1.29, 1.82) is 0 Å². The third-order valence-electron chi connectivity index (χ3n) is 15.4. The number of aliphatic hydroxyl groups is 2. The monoisotopic (exact) mass is 1040 g/mol. The number of ether oxygens (including phenoxy) is 1. The van der Waals surface area contributed by atoms with Gasteiger partial charge in [-0.2, -0.15) is 0 Å². The van der Waals surface area contributed by atoms with E-state index in [1.807, 2.05) is 6.08 Å². The zero-order valence-electron chi connectivity index (χ0n) is 49.8. The molecule has 0 saturated carbocycles. The molecule has 0 rings (SSSR count). The normalized spacial score (nSPS) is 12.8. The maximum atomic E-state index is 12.5. The average Bonchev–Trinajstić information content (AvgIpc) is 3.40. The van der Waals surface area contributed by atoms with Crippen molar-refractivity contribution in [2.45, 2.75) is 373 Å². The van der Waals surface area contributed by atoms with Gasteiger partial charge in [-0.1, -0.05) is 301 Å². The Labute approximate surface area is 462 Å². The van der Waals surface area contributed by atoms with Crippen LogP contribution in [-0.2, 0) is 14.3 Å². The van der Waals surface area contributed by atoms with Crippen molar-refractivity contribution in [3.63, 3.8) is 0 Å². The van der Waals surface area contributed by atoms with Gasteiger partial charge in [0.1, 0.15) is 0 Å². The number of hydrogen-bond acceptors (Lipinski definition) is 5. The molecule has 0 aromatic heterocycles. The second kappa shape index (κ2) is 63.6. The third kappa shape index (κ3) is 59.3. The van der Waals surface area contributed by atoms with Crippen LogP contribution in [0.2, 0.25) is 0 Å². The van der Waals surface area contributed by atoms with Gasteiger partial charge in [0.05, 0.1) is 25.4 Å². The quantitative estimate of drug-likeness (QED) is 0.0320. The number of esters is 1.